The first-order chi connectivity index (χ1) is 17.7. The molecule has 1 amide bonds. The molecule has 0 radical (unpaired) electrons. The highest BCUT2D eigenvalue weighted by Crippen LogP contribution is 2.42. The van der Waals surface area contributed by atoms with E-state index in [1.54, 1.807) is 12.3 Å². The highest BCUT2D eigenvalue weighted by molar-refractivity contribution is 6.04. The minimum Gasteiger partial charge on any atom is -0.480 e. The SMILES string of the molecule is CNc1cccc(-c2cccc(NC(=O)c3cc(C4CC4)c(CN[C@](C)(CO)C(=O)O)cn3)c2C)c1C. The number of amides is 1. The Balaban J connectivity index is 1.57. The Morgan fingerprint density at radius 3 is 2.24 bits per heavy atom. The molecule has 8 nitrogen and oxygen atoms in total. The molecule has 0 aliphatic heterocycles. The van der Waals surface area contributed by atoms with Crippen molar-refractivity contribution in [2.45, 2.75) is 51.6 Å². The van der Waals surface area contributed by atoms with Crippen LogP contribution in [-0.2, 0) is 11.3 Å². The summed E-state index contributed by atoms with van der Waals surface area (Å²) in [6.07, 6.45) is 3.66. The van der Waals surface area contributed by atoms with E-state index in [9.17, 15) is 19.8 Å². The zero-order valence-corrected chi connectivity index (χ0v) is 21.7. The number of nitrogens with one attached hydrogen (secondary N) is 3. The van der Waals surface area contributed by atoms with Crippen molar-refractivity contribution in [1.82, 2.24) is 10.3 Å². The van der Waals surface area contributed by atoms with Crippen molar-refractivity contribution in [1.29, 1.82) is 0 Å². The van der Waals surface area contributed by atoms with Crippen molar-refractivity contribution in [2.24, 2.45) is 0 Å². The number of pyridine rings is 1. The molecule has 1 atom stereocenters. The van der Waals surface area contributed by atoms with E-state index >= 15 is 0 Å². The van der Waals surface area contributed by atoms with Gasteiger partial charge in [-0.2, -0.15) is 0 Å². The van der Waals surface area contributed by atoms with Crippen molar-refractivity contribution in [2.75, 3.05) is 24.3 Å². The number of carbonyl (C=O) groups excluding carboxylic acids is 1. The van der Waals surface area contributed by atoms with Gasteiger partial charge < -0.3 is 20.8 Å². The number of carboxylic acid groups (broad SMARTS) is 1. The molecule has 4 rings (SSSR count). The van der Waals surface area contributed by atoms with Gasteiger partial charge in [-0.15, -0.1) is 0 Å². The molecule has 0 unspecified atom stereocenters. The van der Waals surface area contributed by atoms with Crippen LogP contribution in [0.1, 0.15) is 58.4 Å². The third kappa shape index (κ3) is 5.50. The molecule has 3 aromatic rings. The van der Waals surface area contributed by atoms with Gasteiger partial charge >= 0.3 is 5.97 Å². The summed E-state index contributed by atoms with van der Waals surface area (Å²) in [5.41, 5.74) is 6.70. The number of nitrogens with zero attached hydrogens (tertiary/aromatic N) is 1. The predicted octanol–water partition coefficient (Wildman–Crippen LogP) is 4.46. The van der Waals surface area contributed by atoms with Gasteiger partial charge in [0.15, 0.2) is 0 Å². The van der Waals surface area contributed by atoms with Crippen LogP contribution in [0.5, 0.6) is 0 Å². The molecule has 194 valence electrons. The number of rotatable bonds is 10. The second kappa shape index (κ2) is 10.7. The summed E-state index contributed by atoms with van der Waals surface area (Å²) in [4.78, 5) is 29.1. The summed E-state index contributed by atoms with van der Waals surface area (Å²) in [7, 11) is 1.90. The van der Waals surface area contributed by atoms with Crippen LogP contribution in [0.3, 0.4) is 0 Å². The molecule has 0 spiro atoms. The molecule has 1 aliphatic carbocycles. The van der Waals surface area contributed by atoms with Crippen LogP contribution in [0, 0.1) is 13.8 Å². The number of carbonyl (C=O) groups is 2. The van der Waals surface area contributed by atoms with Crippen LogP contribution in [0.2, 0.25) is 0 Å². The van der Waals surface area contributed by atoms with Crippen LogP contribution < -0.4 is 16.0 Å². The highest BCUT2D eigenvalue weighted by Gasteiger charge is 2.33. The molecule has 0 saturated heterocycles. The van der Waals surface area contributed by atoms with E-state index in [-0.39, 0.29) is 12.5 Å². The lowest BCUT2D eigenvalue weighted by Crippen LogP contribution is -2.52. The number of benzene rings is 2. The Bertz CT molecular complexity index is 1340. The molecule has 0 bridgehead atoms. The lowest BCUT2D eigenvalue weighted by atomic mass is 9.94. The maximum absolute atomic E-state index is 13.2. The first-order valence-electron chi connectivity index (χ1n) is 12.4. The van der Waals surface area contributed by atoms with Gasteiger partial charge in [0, 0.05) is 31.2 Å². The van der Waals surface area contributed by atoms with E-state index in [0.717, 1.165) is 57.6 Å². The van der Waals surface area contributed by atoms with E-state index in [2.05, 4.69) is 40.0 Å². The number of aliphatic hydroxyl groups is 1. The largest absolute Gasteiger partial charge is 0.480 e. The number of aliphatic carboxylic acids is 1. The molecular formula is C29H34N4O4. The number of aromatic nitrogens is 1. The van der Waals surface area contributed by atoms with E-state index in [4.69, 9.17) is 0 Å². The fourth-order valence-corrected chi connectivity index (χ4v) is 4.48. The Kier molecular flexibility index (Phi) is 7.61. The number of hydrogen-bond acceptors (Lipinski definition) is 6. The average Bonchev–Trinajstić information content (AvgIpc) is 3.74. The standard InChI is InChI=1S/C29H34N4O4/c1-17-21(7-5-9-24(17)30-4)22-8-6-10-25(18(22)2)33-27(35)26-13-23(19-11-12-19)20(14-31-26)15-32-29(3,16-34)28(36)37/h5-10,13-14,19,30,32,34H,11-12,15-16H2,1-4H3,(H,33,35)(H,36,37)/t29-/m1/s1. The topological polar surface area (TPSA) is 124 Å². The quantitative estimate of drug-likeness (QED) is 0.277. The van der Waals surface area contributed by atoms with Crippen molar-refractivity contribution >= 4 is 23.3 Å². The summed E-state index contributed by atoms with van der Waals surface area (Å²) < 4.78 is 0. The third-order valence-electron chi connectivity index (χ3n) is 7.20. The monoisotopic (exact) mass is 502 g/mol. The second-order valence-corrected chi connectivity index (χ2v) is 9.85. The van der Waals surface area contributed by atoms with Crippen LogP contribution in [-0.4, -0.2) is 46.3 Å². The van der Waals surface area contributed by atoms with Gasteiger partial charge in [0.2, 0.25) is 0 Å². The Labute approximate surface area is 217 Å². The van der Waals surface area contributed by atoms with Crippen LogP contribution in [0.4, 0.5) is 11.4 Å². The minimum atomic E-state index is -1.45. The zero-order valence-electron chi connectivity index (χ0n) is 21.7. The van der Waals surface area contributed by atoms with Crippen molar-refractivity contribution in [3.63, 3.8) is 0 Å². The van der Waals surface area contributed by atoms with E-state index in [1.807, 2.05) is 38.2 Å². The van der Waals surface area contributed by atoms with Gasteiger partial charge in [-0.1, -0.05) is 24.3 Å². The van der Waals surface area contributed by atoms with Crippen LogP contribution >= 0.6 is 0 Å². The molecule has 1 fully saturated rings. The molecular weight excluding hydrogens is 468 g/mol. The smallest absolute Gasteiger partial charge is 0.326 e. The summed E-state index contributed by atoms with van der Waals surface area (Å²) in [6, 6.07) is 13.8. The number of aliphatic hydroxyl groups excluding tert-OH is 1. The molecule has 5 N–H and O–H groups in total. The molecule has 2 aromatic carbocycles. The lowest BCUT2D eigenvalue weighted by molar-refractivity contribution is -0.145. The van der Waals surface area contributed by atoms with Crippen LogP contribution in [0.25, 0.3) is 11.1 Å². The molecule has 37 heavy (non-hydrogen) atoms. The van der Waals surface area contributed by atoms with Gasteiger partial charge in [0.25, 0.3) is 5.91 Å². The molecule has 1 saturated carbocycles. The first-order valence-corrected chi connectivity index (χ1v) is 12.4. The van der Waals surface area contributed by atoms with Crippen LogP contribution in [0.15, 0.2) is 48.7 Å². The van der Waals surface area contributed by atoms with E-state index in [0.29, 0.717) is 11.6 Å². The molecule has 1 aromatic heterocycles. The molecule has 1 aliphatic rings. The zero-order chi connectivity index (χ0) is 26.7. The Morgan fingerprint density at radius 2 is 1.68 bits per heavy atom. The summed E-state index contributed by atoms with van der Waals surface area (Å²) in [6.45, 7) is 5.21. The normalized spacial score (nSPS) is 14.6. The van der Waals surface area contributed by atoms with E-state index < -0.39 is 18.1 Å². The number of hydrogen-bond donors (Lipinski definition) is 5. The third-order valence-corrected chi connectivity index (χ3v) is 7.20. The summed E-state index contributed by atoms with van der Waals surface area (Å²) >= 11 is 0. The van der Waals surface area contributed by atoms with Gasteiger partial charge in [-0.25, -0.2) is 0 Å². The molecule has 8 heteroatoms. The number of anilines is 2. The fraction of sp³-hybridized carbons (Fsp3) is 0.345. The lowest BCUT2D eigenvalue weighted by Gasteiger charge is -2.24. The Hall–Kier alpha value is -3.75. The highest BCUT2D eigenvalue weighted by atomic mass is 16.4. The summed E-state index contributed by atoms with van der Waals surface area (Å²) in [5, 5.41) is 28.1. The van der Waals surface area contributed by atoms with Crippen molar-refractivity contribution < 1.29 is 19.8 Å². The van der Waals surface area contributed by atoms with Gasteiger partial charge in [-0.05, 0) is 91.1 Å². The van der Waals surface area contributed by atoms with Gasteiger partial charge in [0.05, 0.1) is 6.61 Å². The molecule has 1 heterocycles. The maximum atomic E-state index is 13.2. The summed E-state index contributed by atoms with van der Waals surface area (Å²) in [5.74, 6) is -1.10. The van der Waals surface area contributed by atoms with Gasteiger partial charge in [-0.3, -0.25) is 19.9 Å². The van der Waals surface area contributed by atoms with Crippen molar-refractivity contribution in [3.05, 3.63) is 76.6 Å². The Morgan fingerprint density at radius 1 is 1.05 bits per heavy atom. The number of carboxylic acids is 1. The fourth-order valence-electron chi connectivity index (χ4n) is 4.48. The van der Waals surface area contributed by atoms with E-state index in [1.165, 1.54) is 6.92 Å². The predicted molar refractivity (Wildman–Crippen MR) is 145 cm³/mol. The maximum Gasteiger partial charge on any atom is 0.326 e. The average molecular weight is 503 g/mol. The van der Waals surface area contributed by atoms with Gasteiger partial charge in [0.1, 0.15) is 11.2 Å². The second-order valence-electron chi connectivity index (χ2n) is 9.85. The first kappa shape index (κ1) is 26.3. The van der Waals surface area contributed by atoms with Crippen molar-refractivity contribution in [3.8, 4) is 11.1 Å². The minimum absolute atomic E-state index is 0.232.